The molecule has 0 saturated heterocycles. The van der Waals surface area contributed by atoms with E-state index in [0.29, 0.717) is 0 Å². The maximum absolute atomic E-state index is 7.02. The number of hydrogen-bond acceptors (Lipinski definition) is 3. The van der Waals surface area contributed by atoms with Crippen LogP contribution in [0.5, 0.6) is 0 Å². The summed E-state index contributed by atoms with van der Waals surface area (Å²) in [5.74, 6) is 0. The summed E-state index contributed by atoms with van der Waals surface area (Å²) in [6.07, 6.45) is 0. The number of nitrogens with zero attached hydrogens (tertiary/aromatic N) is 1. The predicted octanol–water partition coefficient (Wildman–Crippen LogP) is 16.7. The molecular formula is C56H35NOS. The van der Waals surface area contributed by atoms with E-state index in [1.54, 1.807) is 0 Å². The average molecular weight is 770 g/mol. The second-order valence-electron chi connectivity index (χ2n) is 15.2. The van der Waals surface area contributed by atoms with Crippen LogP contribution < -0.4 is 4.90 Å². The zero-order valence-corrected chi connectivity index (χ0v) is 32.8. The SMILES string of the molecule is c1ccc(-c2ccc3c(c2)oc2c(-c4ccccc4)ccc(N(c4ccc(-c5ccc6ccc7ccccc7c6c5)cc4)c4cccc5sc6ccccc6c45)c23)cc1. The van der Waals surface area contributed by atoms with Crippen molar-refractivity contribution in [2.45, 2.75) is 0 Å². The van der Waals surface area contributed by atoms with Crippen LogP contribution in [-0.4, -0.2) is 0 Å². The first kappa shape index (κ1) is 33.7. The first-order chi connectivity index (χ1) is 29.2. The van der Waals surface area contributed by atoms with Gasteiger partial charge < -0.3 is 9.32 Å². The summed E-state index contributed by atoms with van der Waals surface area (Å²) in [6, 6.07) is 76.9. The van der Waals surface area contributed by atoms with Crippen molar-refractivity contribution >= 4 is 92.1 Å². The van der Waals surface area contributed by atoms with Gasteiger partial charge in [-0.2, -0.15) is 0 Å². The van der Waals surface area contributed by atoms with E-state index in [1.165, 1.54) is 52.8 Å². The molecule has 0 radical (unpaired) electrons. The minimum Gasteiger partial charge on any atom is -0.455 e. The summed E-state index contributed by atoms with van der Waals surface area (Å²) in [6.45, 7) is 0. The highest BCUT2D eigenvalue weighted by molar-refractivity contribution is 7.26. The second-order valence-corrected chi connectivity index (χ2v) is 16.3. The van der Waals surface area contributed by atoms with Gasteiger partial charge in [0.2, 0.25) is 0 Å². The van der Waals surface area contributed by atoms with Crippen LogP contribution in [0.25, 0.3) is 97.0 Å². The summed E-state index contributed by atoms with van der Waals surface area (Å²) in [4.78, 5) is 2.45. The van der Waals surface area contributed by atoms with E-state index in [4.69, 9.17) is 4.42 Å². The molecule has 0 saturated carbocycles. The van der Waals surface area contributed by atoms with Crippen molar-refractivity contribution in [2.24, 2.45) is 0 Å². The van der Waals surface area contributed by atoms with Gasteiger partial charge in [-0.1, -0.05) is 152 Å². The molecule has 276 valence electrons. The van der Waals surface area contributed by atoms with Gasteiger partial charge in [-0.15, -0.1) is 11.3 Å². The number of anilines is 3. The third-order valence-electron chi connectivity index (χ3n) is 11.9. The highest BCUT2D eigenvalue weighted by atomic mass is 32.1. The Labute approximate surface area is 345 Å². The topological polar surface area (TPSA) is 16.4 Å². The number of fused-ring (bicyclic) bond motifs is 9. The highest BCUT2D eigenvalue weighted by Crippen LogP contribution is 2.50. The third kappa shape index (κ3) is 5.55. The fraction of sp³-hybridized carbons (Fsp3) is 0. The van der Waals surface area contributed by atoms with Crippen LogP contribution in [-0.2, 0) is 0 Å². The zero-order valence-electron chi connectivity index (χ0n) is 32.0. The first-order valence-corrected chi connectivity index (χ1v) is 20.9. The minimum absolute atomic E-state index is 0.865. The van der Waals surface area contributed by atoms with Crippen LogP contribution in [0.1, 0.15) is 0 Å². The normalized spacial score (nSPS) is 11.7. The average Bonchev–Trinajstić information content (AvgIpc) is 3.89. The zero-order chi connectivity index (χ0) is 38.9. The summed E-state index contributed by atoms with van der Waals surface area (Å²) in [5.41, 5.74) is 11.9. The Kier molecular flexibility index (Phi) is 7.75. The summed E-state index contributed by atoms with van der Waals surface area (Å²) in [7, 11) is 0. The lowest BCUT2D eigenvalue weighted by atomic mass is 9.96. The molecule has 2 heterocycles. The van der Waals surface area contributed by atoms with E-state index in [2.05, 4.69) is 217 Å². The van der Waals surface area contributed by atoms with Gasteiger partial charge in [0.1, 0.15) is 11.2 Å². The quantitative estimate of drug-likeness (QED) is 0.157. The van der Waals surface area contributed by atoms with Gasteiger partial charge in [-0.05, 0) is 110 Å². The molecule has 0 aliphatic carbocycles. The molecule has 0 amide bonds. The summed E-state index contributed by atoms with van der Waals surface area (Å²) < 4.78 is 9.56. The van der Waals surface area contributed by atoms with Gasteiger partial charge in [0.15, 0.2) is 0 Å². The maximum atomic E-state index is 7.02. The number of benzene rings is 10. The molecule has 2 nitrogen and oxygen atoms in total. The van der Waals surface area contributed by atoms with Crippen LogP contribution in [0, 0.1) is 0 Å². The Balaban J connectivity index is 1.10. The molecule has 3 heteroatoms. The van der Waals surface area contributed by atoms with Gasteiger partial charge in [0.25, 0.3) is 0 Å². The first-order valence-electron chi connectivity index (χ1n) is 20.1. The minimum atomic E-state index is 0.865. The van der Waals surface area contributed by atoms with E-state index < -0.39 is 0 Å². The van der Waals surface area contributed by atoms with Gasteiger partial charge in [0, 0.05) is 36.8 Å². The Bertz CT molecular complexity index is 3550. The molecule has 0 spiro atoms. The summed E-state index contributed by atoms with van der Waals surface area (Å²) in [5, 5.41) is 9.72. The molecule has 0 N–H and O–H groups in total. The highest BCUT2D eigenvalue weighted by Gasteiger charge is 2.25. The van der Waals surface area contributed by atoms with Gasteiger partial charge in [0.05, 0.1) is 16.8 Å². The number of furan rings is 1. The van der Waals surface area contributed by atoms with E-state index in [1.807, 2.05) is 11.3 Å². The van der Waals surface area contributed by atoms with Crippen molar-refractivity contribution in [3.05, 3.63) is 212 Å². The van der Waals surface area contributed by atoms with Gasteiger partial charge >= 0.3 is 0 Å². The predicted molar refractivity (Wildman–Crippen MR) is 253 cm³/mol. The van der Waals surface area contributed by atoms with E-state index in [9.17, 15) is 0 Å². The molecule has 0 unspecified atom stereocenters. The van der Waals surface area contributed by atoms with Crippen molar-refractivity contribution in [1.82, 2.24) is 0 Å². The Morgan fingerprint density at radius 1 is 0.356 bits per heavy atom. The van der Waals surface area contributed by atoms with Crippen molar-refractivity contribution in [3.8, 4) is 33.4 Å². The Hall–Kier alpha value is -7.46. The lowest BCUT2D eigenvalue weighted by molar-refractivity contribution is 0.670. The molecule has 0 fully saturated rings. The Morgan fingerprint density at radius 3 is 1.80 bits per heavy atom. The lowest BCUT2D eigenvalue weighted by Gasteiger charge is -2.28. The smallest absolute Gasteiger partial charge is 0.145 e. The molecule has 0 atom stereocenters. The van der Waals surface area contributed by atoms with Crippen molar-refractivity contribution < 1.29 is 4.42 Å². The van der Waals surface area contributed by atoms with Crippen LogP contribution >= 0.6 is 11.3 Å². The molecule has 10 aromatic carbocycles. The standard InChI is InChI=1S/C56H35NOS/c1-3-12-36(13-4-1)42-28-31-46-51(35-42)58-56-45(38-14-5-2-6-15-38)32-33-50(55(46)56)57(49-19-11-21-53-54(49)47-18-9-10-20-52(47)59-53)43-29-26-37(27-30-43)41-25-24-40-23-22-39-16-7-8-17-44(39)48(40)34-41/h1-35H. The largest absolute Gasteiger partial charge is 0.455 e. The molecule has 0 bridgehead atoms. The second kappa shape index (κ2) is 13.6. The van der Waals surface area contributed by atoms with Crippen molar-refractivity contribution in [1.29, 1.82) is 0 Å². The molecule has 12 rings (SSSR count). The monoisotopic (exact) mass is 769 g/mol. The molecule has 0 aliphatic rings. The fourth-order valence-corrected chi connectivity index (χ4v) is 10.2. The summed E-state index contributed by atoms with van der Waals surface area (Å²) >= 11 is 1.85. The third-order valence-corrected chi connectivity index (χ3v) is 13.0. The Morgan fingerprint density at radius 2 is 0.966 bits per heavy atom. The van der Waals surface area contributed by atoms with Crippen LogP contribution in [0.3, 0.4) is 0 Å². The molecular weight excluding hydrogens is 735 g/mol. The molecule has 59 heavy (non-hydrogen) atoms. The van der Waals surface area contributed by atoms with E-state index in [0.717, 1.165) is 61.3 Å². The van der Waals surface area contributed by atoms with Crippen LogP contribution in [0.2, 0.25) is 0 Å². The van der Waals surface area contributed by atoms with Crippen LogP contribution in [0.15, 0.2) is 217 Å². The van der Waals surface area contributed by atoms with Crippen molar-refractivity contribution in [3.63, 3.8) is 0 Å². The van der Waals surface area contributed by atoms with E-state index >= 15 is 0 Å². The maximum Gasteiger partial charge on any atom is 0.145 e. The molecule has 2 aromatic heterocycles. The molecule has 0 aliphatic heterocycles. The van der Waals surface area contributed by atoms with E-state index in [-0.39, 0.29) is 0 Å². The van der Waals surface area contributed by atoms with Gasteiger partial charge in [-0.3, -0.25) is 0 Å². The number of rotatable bonds is 6. The van der Waals surface area contributed by atoms with Crippen LogP contribution in [0.4, 0.5) is 17.1 Å². The fourth-order valence-electron chi connectivity index (χ4n) is 9.04. The van der Waals surface area contributed by atoms with Crippen molar-refractivity contribution in [2.75, 3.05) is 4.90 Å². The lowest BCUT2D eigenvalue weighted by Crippen LogP contribution is -2.11. The number of thiophene rings is 1. The molecule has 12 aromatic rings. The van der Waals surface area contributed by atoms with Gasteiger partial charge in [-0.25, -0.2) is 0 Å². The number of hydrogen-bond donors (Lipinski definition) is 0.